The second-order valence-electron chi connectivity index (χ2n) is 7.15. The van der Waals surface area contributed by atoms with E-state index >= 15 is 0 Å². The Morgan fingerprint density at radius 1 is 1.26 bits per heavy atom. The first-order valence-electron chi connectivity index (χ1n) is 8.84. The third-order valence-corrected chi connectivity index (χ3v) is 6.32. The standard InChI is InChI=1S/C19H27ClN2O/c1-3-19(4-2,14-5-7-15(20)8-6-14)22-17(23)16-13-18(16)9-11-21-12-10-18/h5-8,16,21H,3-4,9-13H2,1-2H3,(H,22,23). The number of piperidine rings is 1. The zero-order chi connectivity index (χ0) is 16.5. The predicted octanol–water partition coefficient (Wildman–Crippen LogP) is 3.86. The Balaban J connectivity index is 1.75. The van der Waals surface area contributed by atoms with Gasteiger partial charge in [-0.05, 0) is 68.3 Å². The van der Waals surface area contributed by atoms with Crippen LogP contribution in [-0.2, 0) is 10.3 Å². The van der Waals surface area contributed by atoms with Gasteiger partial charge in [-0.25, -0.2) is 0 Å². The van der Waals surface area contributed by atoms with Crippen LogP contribution in [0.25, 0.3) is 0 Å². The van der Waals surface area contributed by atoms with E-state index in [1.54, 1.807) is 0 Å². The summed E-state index contributed by atoms with van der Waals surface area (Å²) in [6.45, 7) is 6.39. The van der Waals surface area contributed by atoms with Gasteiger partial charge in [-0.2, -0.15) is 0 Å². The van der Waals surface area contributed by atoms with Crippen molar-refractivity contribution in [2.75, 3.05) is 13.1 Å². The highest BCUT2D eigenvalue weighted by Crippen LogP contribution is 2.58. The first-order chi connectivity index (χ1) is 11.1. The lowest BCUT2D eigenvalue weighted by atomic mass is 9.84. The van der Waals surface area contributed by atoms with Crippen LogP contribution in [0, 0.1) is 11.3 Å². The van der Waals surface area contributed by atoms with Crippen LogP contribution in [0.2, 0.25) is 5.02 Å². The molecule has 1 aromatic carbocycles. The van der Waals surface area contributed by atoms with Crippen molar-refractivity contribution >= 4 is 17.5 Å². The topological polar surface area (TPSA) is 41.1 Å². The van der Waals surface area contributed by atoms with E-state index in [1.807, 2.05) is 24.3 Å². The minimum atomic E-state index is -0.279. The maximum Gasteiger partial charge on any atom is 0.224 e. The van der Waals surface area contributed by atoms with Crippen molar-refractivity contribution in [2.45, 2.75) is 51.5 Å². The Hall–Kier alpha value is -1.06. The maximum absolute atomic E-state index is 12.9. The molecule has 1 aliphatic carbocycles. The van der Waals surface area contributed by atoms with Crippen LogP contribution in [0.5, 0.6) is 0 Å². The van der Waals surface area contributed by atoms with Crippen LogP contribution in [-0.4, -0.2) is 19.0 Å². The molecule has 23 heavy (non-hydrogen) atoms. The van der Waals surface area contributed by atoms with E-state index in [-0.39, 0.29) is 22.8 Å². The summed E-state index contributed by atoms with van der Waals surface area (Å²) in [5.74, 6) is 0.444. The molecule has 2 aliphatic rings. The molecule has 1 saturated heterocycles. The SMILES string of the molecule is CCC(CC)(NC(=O)C1CC12CCNCC2)c1ccc(Cl)cc1. The molecule has 1 amide bonds. The first-order valence-corrected chi connectivity index (χ1v) is 9.22. The fourth-order valence-electron chi connectivity index (χ4n) is 4.19. The van der Waals surface area contributed by atoms with Crippen molar-refractivity contribution in [3.63, 3.8) is 0 Å². The molecule has 0 radical (unpaired) electrons. The zero-order valence-electron chi connectivity index (χ0n) is 14.1. The third kappa shape index (κ3) is 3.14. The number of hydrogen-bond acceptors (Lipinski definition) is 2. The van der Waals surface area contributed by atoms with Crippen molar-refractivity contribution in [2.24, 2.45) is 11.3 Å². The van der Waals surface area contributed by atoms with E-state index < -0.39 is 0 Å². The summed E-state index contributed by atoms with van der Waals surface area (Å²) in [5, 5.41) is 7.53. The van der Waals surface area contributed by atoms with Crippen LogP contribution < -0.4 is 10.6 Å². The minimum Gasteiger partial charge on any atom is -0.346 e. The molecule has 3 rings (SSSR count). The van der Waals surface area contributed by atoms with Gasteiger partial charge in [-0.15, -0.1) is 0 Å². The van der Waals surface area contributed by atoms with Gasteiger partial charge in [0.25, 0.3) is 0 Å². The molecular formula is C19H27ClN2O. The van der Waals surface area contributed by atoms with Crippen molar-refractivity contribution in [1.82, 2.24) is 10.6 Å². The van der Waals surface area contributed by atoms with Crippen molar-refractivity contribution in [1.29, 1.82) is 0 Å². The Kier molecular flexibility index (Phi) is 4.70. The highest BCUT2D eigenvalue weighted by atomic mass is 35.5. The number of benzene rings is 1. The van der Waals surface area contributed by atoms with Gasteiger partial charge < -0.3 is 10.6 Å². The summed E-state index contributed by atoms with van der Waals surface area (Å²) >= 11 is 6.02. The molecule has 0 aromatic heterocycles. The molecule has 1 spiro atoms. The summed E-state index contributed by atoms with van der Waals surface area (Å²) in [6, 6.07) is 7.91. The Bertz CT molecular complexity index is 559. The molecule has 126 valence electrons. The Morgan fingerprint density at radius 2 is 1.87 bits per heavy atom. The number of nitrogens with one attached hydrogen (secondary N) is 2. The first kappa shape index (κ1) is 16.8. The molecule has 3 nitrogen and oxygen atoms in total. The molecule has 2 N–H and O–H groups in total. The molecule has 1 aliphatic heterocycles. The molecule has 1 aromatic rings. The van der Waals surface area contributed by atoms with Gasteiger partial charge in [-0.1, -0.05) is 37.6 Å². The second-order valence-corrected chi connectivity index (χ2v) is 7.59. The van der Waals surface area contributed by atoms with E-state index in [0.29, 0.717) is 0 Å². The molecule has 1 saturated carbocycles. The van der Waals surface area contributed by atoms with Crippen LogP contribution in [0.1, 0.15) is 51.5 Å². The van der Waals surface area contributed by atoms with Crippen molar-refractivity contribution in [3.05, 3.63) is 34.9 Å². The number of rotatable bonds is 5. The lowest BCUT2D eigenvalue weighted by Crippen LogP contribution is -2.46. The smallest absolute Gasteiger partial charge is 0.224 e. The molecular weight excluding hydrogens is 308 g/mol. The summed E-state index contributed by atoms with van der Waals surface area (Å²) < 4.78 is 0. The average Bonchev–Trinajstić information content (AvgIpc) is 3.27. The Morgan fingerprint density at radius 3 is 2.43 bits per heavy atom. The highest BCUT2D eigenvalue weighted by molar-refractivity contribution is 6.30. The number of amides is 1. The molecule has 4 heteroatoms. The summed E-state index contributed by atoms with van der Waals surface area (Å²) in [5.41, 5.74) is 1.15. The van der Waals surface area contributed by atoms with E-state index in [1.165, 1.54) is 0 Å². The van der Waals surface area contributed by atoms with Crippen LogP contribution in [0.4, 0.5) is 0 Å². The minimum absolute atomic E-state index is 0.203. The average molecular weight is 335 g/mol. The van der Waals surface area contributed by atoms with Crippen LogP contribution in [0.3, 0.4) is 0 Å². The second kappa shape index (κ2) is 6.45. The van der Waals surface area contributed by atoms with Gasteiger partial charge in [0.05, 0.1) is 5.54 Å². The fourth-order valence-corrected chi connectivity index (χ4v) is 4.32. The van der Waals surface area contributed by atoms with Crippen LogP contribution >= 0.6 is 11.6 Å². The molecule has 2 fully saturated rings. The number of halogens is 1. The van der Waals surface area contributed by atoms with E-state index in [4.69, 9.17) is 11.6 Å². The largest absolute Gasteiger partial charge is 0.346 e. The lowest BCUT2D eigenvalue weighted by Gasteiger charge is -2.34. The van der Waals surface area contributed by atoms with Crippen molar-refractivity contribution < 1.29 is 4.79 Å². The van der Waals surface area contributed by atoms with Gasteiger partial charge in [0, 0.05) is 10.9 Å². The van der Waals surface area contributed by atoms with Gasteiger partial charge in [0.1, 0.15) is 0 Å². The molecule has 1 atom stereocenters. The quantitative estimate of drug-likeness (QED) is 0.858. The number of hydrogen-bond donors (Lipinski definition) is 2. The molecule has 1 heterocycles. The Labute approximate surface area is 144 Å². The lowest BCUT2D eigenvalue weighted by molar-refractivity contribution is -0.125. The van der Waals surface area contributed by atoms with Gasteiger partial charge in [-0.3, -0.25) is 4.79 Å². The molecule has 0 bridgehead atoms. The predicted molar refractivity (Wildman–Crippen MR) is 94.5 cm³/mol. The number of carbonyl (C=O) groups is 1. The monoisotopic (exact) mass is 334 g/mol. The van der Waals surface area contributed by atoms with Crippen LogP contribution in [0.15, 0.2) is 24.3 Å². The summed E-state index contributed by atoms with van der Waals surface area (Å²) in [4.78, 5) is 12.9. The molecule has 1 unspecified atom stereocenters. The summed E-state index contributed by atoms with van der Waals surface area (Å²) in [6.07, 6.45) is 5.11. The maximum atomic E-state index is 12.9. The van der Waals surface area contributed by atoms with Gasteiger partial charge in [0.2, 0.25) is 5.91 Å². The normalized spacial score (nSPS) is 22.8. The highest BCUT2D eigenvalue weighted by Gasteiger charge is 2.58. The van der Waals surface area contributed by atoms with E-state index in [0.717, 1.165) is 55.8 Å². The number of carbonyl (C=O) groups excluding carboxylic acids is 1. The third-order valence-electron chi connectivity index (χ3n) is 6.07. The van der Waals surface area contributed by atoms with E-state index in [2.05, 4.69) is 24.5 Å². The zero-order valence-corrected chi connectivity index (χ0v) is 14.9. The fraction of sp³-hybridized carbons (Fsp3) is 0.632. The van der Waals surface area contributed by atoms with E-state index in [9.17, 15) is 4.79 Å². The van der Waals surface area contributed by atoms with Crippen molar-refractivity contribution in [3.8, 4) is 0 Å². The summed E-state index contributed by atoms with van der Waals surface area (Å²) in [7, 11) is 0. The van der Waals surface area contributed by atoms with Gasteiger partial charge in [0.15, 0.2) is 0 Å². The van der Waals surface area contributed by atoms with Gasteiger partial charge >= 0.3 is 0 Å².